The van der Waals surface area contributed by atoms with E-state index in [2.05, 4.69) is 64.0 Å². The molecule has 2 aromatic carbocycles. The SMILES string of the molecule is CN1CC[C@@](O)(C#Cc2cccc(-c3cc(-c4ccn[nH]4)nc(Cl)n3)c2)C1=O.COC(=O)c1nc(-c2cccc(C#C[C@]3(O)CCN(C)C3=O)c2)cc(-c2ccn[nH]2)n1. The topological polar surface area (TPSA) is 216 Å². The first-order valence-corrected chi connectivity index (χ1v) is 18.5. The lowest BCUT2D eigenvalue weighted by atomic mass is 10.0. The minimum absolute atomic E-state index is 0.0880. The van der Waals surface area contributed by atoms with Gasteiger partial charge in [-0.1, -0.05) is 47.9 Å². The summed E-state index contributed by atoms with van der Waals surface area (Å²) < 4.78 is 4.77. The molecule has 6 aromatic rings. The van der Waals surface area contributed by atoms with E-state index in [0.29, 0.717) is 64.7 Å². The number of halogens is 1. The molecule has 8 rings (SSSR count). The Morgan fingerprint density at radius 1 is 0.712 bits per heavy atom. The number of aliphatic hydroxyl groups is 2. The summed E-state index contributed by atoms with van der Waals surface area (Å²) in [6.07, 6.45) is 3.77. The van der Waals surface area contributed by atoms with Gasteiger partial charge in [0.2, 0.25) is 22.3 Å². The first kappa shape index (κ1) is 40.0. The summed E-state index contributed by atoms with van der Waals surface area (Å²) in [6.45, 7) is 0.942. The lowest BCUT2D eigenvalue weighted by Crippen LogP contribution is -2.37. The third-order valence-corrected chi connectivity index (χ3v) is 9.68. The van der Waals surface area contributed by atoms with E-state index in [0.717, 1.165) is 11.3 Å². The molecule has 0 unspecified atom stereocenters. The van der Waals surface area contributed by atoms with Crippen molar-refractivity contribution in [1.82, 2.24) is 50.1 Å². The van der Waals surface area contributed by atoms with Crippen molar-refractivity contribution in [1.29, 1.82) is 0 Å². The van der Waals surface area contributed by atoms with Crippen LogP contribution in [0.5, 0.6) is 0 Å². The summed E-state index contributed by atoms with van der Waals surface area (Å²) in [6, 6.07) is 21.5. The number of carbonyl (C=O) groups is 3. The van der Waals surface area contributed by atoms with Gasteiger partial charge in [0.25, 0.3) is 11.8 Å². The highest BCUT2D eigenvalue weighted by molar-refractivity contribution is 6.28. The summed E-state index contributed by atoms with van der Waals surface area (Å²) in [5.74, 6) is 9.68. The molecule has 296 valence electrons. The zero-order valence-electron chi connectivity index (χ0n) is 31.9. The molecule has 2 amide bonds. The largest absolute Gasteiger partial charge is 0.463 e. The van der Waals surface area contributed by atoms with E-state index < -0.39 is 23.1 Å². The molecule has 0 spiro atoms. The van der Waals surface area contributed by atoms with Crippen LogP contribution in [-0.4, -0.2) is 124 Å². The molecule has 0 aliphatic carbocycles. The Kier molecular flexibility index (Phi) is 11.3. The third-order valence-electron chi connectivity index (χ3n) is 9.51. The Morgan fingerprint density at radius 2 is 1.17 bits per heavy atom. The van der Waals surface area contributed by atoms with Crippen molar-refractivity contribution in [2.75, 3.05) is 34.3 Å². The molecular weight excluding hydrogens is 776 g/mol. The summed E-state index contributed by atoms with van der Waals surface area (Å²) in [4.78, 5) is 56.3. The number of amides is 2. The fraction of sp³-hybridized carbons (Fsp3) is 0.214. The molecule has 2 saturated heterocycles. The predicted molar refractivity (Wildman–Crippen MR) is 215 cm³/mol. The van der Waals surface area contributed by atoms with Crippen LogP contribution in [0.4, 0.5) is 0 Å². The second-order valence-corrected chi connectivity index (χ2v) is 14.0. The van der Waals surface area contributed by atoms with Gasteiger partial charge < -0.3 is 24.7 Å². The zero-order chi connectivity index (χ0) is 41.7. The maximum absolute atomic E-state index is 12.1. The maximum atomic E-state index is 12.1. The molecule has 4 aromatic heterocycles. The number of H-pyrrole nitrogens is 2. The Morgan fingerprint density at radius 3 is 1.61 bits per heavy atom. The number of likely N-dealkylation sites (tertiary alicyclic amines) is 2. The minimum Gasteiger partial charge on any atom is -0.463 e. The highest BCUT2D eigenvalue weighted by atomic mass is 35.5. The fourth-order valence-electron chi connectivity index (χ4n) is 6.22. The number of hydrogen-bond acceptors (Lipinski definition) is 12. The van der Waals surface area contributed by atoms with Gasteiger partial charge in [0, 0.05) is 74.7 Å². The van der Waals surface area contributed by atoms with Gasteiger partial charge in [-0.05, 0) is 60.1 Å². The molecule has 2 aliphatic rings. The molecule has 2 aliphatic heterocycles. The molecule has 0 radical (unpaired) electrons. The monoisotopic (exact) mass is 810 g/mol. The fourth-order valence-corrected chi connectivity index (χ4v) is 6.40. The number of methoxy groups -OCH3 is 1. The van der Waals surface area contributed by atoms with Crippen molar-refractivity contribution in [3.8, 4) is 69.0 Å². The van der Waals surface area contributed by atoms with Crippen molar-refractivity contribution >= 4 is 29.4 Å². The van der Waals surface area contributed by atoms with Crippen molar-refractivity contribution in [2.24, 2.45) is 0 Å². The molecule has 2 atom stereocenters. The van der Waals surface area contributed by atoms with Crippen LogP contribution < -0.4 is 0 Å². The number of nitrogens with one attached hydrogen (secondary N) is 2. The second-order valence-electron chi connectivity index (χ2n) is 13.6. The van der Waals surface area contributed by atoms with Crippen molar-refractivity contribution in [2.45, 2.75) is 24.0 Å². The van der Waals surface area contributed by atoms with Crippen molar-refractivity contribution < 1.29 is 29.3 Å². The Hall–Kier alpha value is -7.24. The predicted octanol–water partition coefficient (Wildman–Crippen LogP) is 3.40. The molecule has 59 heavy (non-hydrogen) atoms. The first-order valence-electron chi connectivity index (χ1n) is 18.1. The lowest BCUT2D eigenvalue weighted by Gasteiger charge is -2.13. The average Bonchev–Trinajstić information content (AvgIpc) is 4.09. The zero-order valence-corrected chi connectivity index (χ0v) is 32.7. The number of aromatic amines is 2. The van der Waals surface area contributed by atoms with Crippen LogP contribution in [0.25, 0.3) is 45.3 Å². The molecule has 0 saturated carbocycles. The summed E-state index contributed by atoms with van der Waals surface area (Å²) >= 11 is 6.09. The van der Waals surface area contributed by atoms with E-state index >= 15 is 0 Å². The molecule has 16 nitrogen and oxygen atoms in total. The van der Waals surface area contributed by atoms with Gasteiger partial charge in [-0.3, -0.25) is 19.8 Å². The minimum atomic E-state index is -1.68. The van der Waals surface area contributed by atoms with Crippen LogP contribution in [-0.2, 0) is 14.3 Å². The Balaban J connectivity index is 0.000000180. The van der Waals surface area contributed by atoms with Crippen LogP contribution in [0.3, 0.4) is 0 Å². The van der Waals surface area contributed by atoms with E-state index in [1.54, 1.807) is 69.0 Å². The molecule has 2 fully saturated rings. The van der Waals surface area contributed by atoms with Gasteiger partial charge in [0.05, 0.1) is 41.3 Å². The van der Waals surface area contributed by atoms with E-state index in [9.17, 15) is 24.6 Å². The number of rotatable bonds is 5. The summed E-state index contributed by atoms with van der Waals surface area (Å²) in [5, 5.41) is 34.6. The second kappa shape index (κ2) is 16.7. The quantitative estimate of drug-likeness (QED) is 0.112. The number of ether oxygens (including phenoxy) is 1. The highest BCUT2D eigenvalue weighted by Crippen LogP contribution is 2.27. The van der Waals surface area contributed by atoms with Crippen molar-refractivity contribution in [3.63, 3.8) is 0 Å². The van der Waals surface area contributed by atoms with Crippen LogP contribution in [0, 0.1) is 23.7 Å². The number of aromatic nitrogens is 8. The van der Waals surface area contributed by atoms with Gasteiger partial charge in [0.15, 0.2) is 0 Å². The highest BCUT2D eigenvalue weighted by Gasteiger charge is 2.43. The van der Waals surface area contributed by atoms with Gasteiger partial charge in [-0.15, -0.1) is 0 Å². The van der Waals surface area contributed by atoms with E-state index in [4.69, 9.17) is 16.3 Å². The lowest BCUT2D eigenvalue weighted by molar-refractivity contribution is -0.138. The van der Waals surface area contributed by atoms with Crippen LogP contribution in [0.15, 0.2) is 85.2 Å². The number of nitrogens with zero attached hydrogens (tertiary/aromatic N) is 8. The number of carbonyl (C=O) groups excluding carboxylic acids is 3. The number of likely N-dealkylation sites (N-methyl/N-ethyl adjacent to an activating group) is 2. The smallest absolute Gasteiger partial charge is 0.376 e. The Bertz CT molecular complexity index is 2680. The molecule has 6 heterocycles. The number of hydrogen-bond donors (Lipinski definition) is 4. The summed E-state index contributed by atoms with van der Waals surface area (Å²) in [7, 11) is 4.55. The standard InChI is InChI=1S/C22H19N5O4.C20H16ClN5O2/c1-27-11-9-22(30,21(27)29)8-6-14-4-3-5-15(12-14)17-13-18(16-7-10-23-26-16)25-19(24-17)20(28)31-2;1-26-10-8-20(28,18(26)27)7-5-13-3-2-4-14(11-13)16-12-17(24-19(21)23-16)15-6-9-22-25-15/h3-5,7,10,12-13,30H,9,11H2,1-2H3,(H,23,26);2-4,6,9,11-12,28H,8,10H2,1H3,(H,22,25)/t22-;20-/m00/s1. The van der Waals surface area contributed by atoms with Gasteiger partial charge in [-0.2, -0.15) is 10.2 Å². The molecule has 0 bridgehead atoms. The van der Waals surface area contributed by atoms with Crippen LogP contribution in [0.2, 0.25) is 5.28 Å². The van der Waals surface area contributed by atoms with Crippen LogP contribution >= 0.6 is 11.6 Å². The van der Waals surface area contributed by atoms with E-state index in [1.165, 1.54) is 16.9 Å². The van der Waals surface area contributed by atoms with Crippen LogP contribution in [0.1, 0.15) is 34.6 Å². The molecule has 17 heteroatoms. The first-order chi connectivity index (χ1) is 28.3. The van der Waals surface area contributed by atoms with Gasteiger partial charge in [-0.25, -0.2) is 24.7 Å². The van der Waals surface area contributed by atoms with E-state index in [-0.39, 0.29) is 23.4 Å². The van der Waals surface area contributed by atoms with Gasteiger partial charge >= 0.3 is 5.97 Å². The Labute approximate surface area is 342 Å². The number of esters is 1. The van der Waals surface area contributed by atoms with Crippen molar-refractivity contribution in [3.05, 3.63) is 107 Å². The van der Waals surface area contributed by atoms with E-state index in [1.807, 2.05) is 30.3 Å². The normalized spacial score (nSPS) is 18.3. The summed E-state index contributed by atoms with van der Waals surface area (Å²) in [5.41, 5.74) is 2.99. The number of benzene rings is 2. The average molecular weight is 811 g/mol. The maximum Gasteiger partial charge on any atom is 0.376 e. The van der Waals surface area contributed by atoms with Gasteiger partial charge in [0.1, 0.15) is 0 Å². The molecule has 4 N–H and O–H groups in total. The third kappa shape index (κ3) is 8.85. The molecular formula is C42H35ClN10O6.